The molecule has 0 spiro atoms. The fourth-order valence-corrected chi connectivity index (χ4v) is 2.41. The number of amides is 1. The average molecular weight is 275 g/mol. The van der Waals surface area contributed by atoms with Crippen molar-refractivity contribution >= 4 is 22.4 Å². The molecule has 1 N–H and O–H groups in total. The van der Waals surface area contributed by atoms with Crippen molar-refractivity contribution in [2.24, 2.45) is 0 Å². The molecule has 0 aliphatic heterocycles. The minimum atomic E-state index is -0.387. The molecular formula is C13H10FN3OS. The Balaban J connectivity index is 2.24. The third kappa shape index (κ3) is 3.14. The van der Waals surface area contributed by atoms with Crippen molar-refractivity contribution in [2.75, 3.05) is 5.32 Å². The molecule has 0 bridgehead atoms. The Bertz CT molecular complexity index is 643. The second-order valence-electron chi connectivity index (χ2n) is 3.81. The Morgan fingerprint density at radius 1 is 1.47 bits per heavy atom. The van der Waals surface area contributed by atoms with Gasteiger partial charge in [0, 0.05) is 10.4 Å². The van der Waals surface area contributed by atoms with E-state index in [9.17, 15) is 9.18 Å². The average Bonchev–Trinajstić information content (AvgIpc) is 2.71. The van der Waals surface area contributed by atoms with E-state index in [1.165, 1.54) is 23.5 Å². The second kappa shape index (κ2) is 5.59. The number of aryl methyl sites for hydroxylation is 1. The van der Waals surface area contributed by atoms with Crippen LogP contribution >= 0.6 is 11.3 Å². The van der Waals surface area contributed by atoms with Crippen molar-refractivity contribution < 1.29 is 9.18 Å². The predicted molar refractivity (Wildman–Crippen MR) is 71.1 cm³/mol. The number of benzene rings is 1. The largest absolute Gasteiger partial charge is 0.301 e. The van der Waals surface area contributed by atoms with Gasteiger partial charge in [-0.3, -0.25) is 4.79 Å². The Morgan fingerprint density at radius 3 is 2.79 bits per heavy atom. The van der Waals surface area contributed by atoms with Crippen molar-refractivity contribution in [3.8, 4) is 17.3 Å². The minimum Gasteiger partial charge on any atom is -0.301 e. The molecule has 0 unspecified atom stereocenters. The van der Waals surface area contributed by atoms with Gasteiger partial charge in [-0.05, 0) is 31.2 Å². The quantitative estimate of drug-likeness (QED) is 0.936. The summed E-state index contributed by atoms with van der Waals surface area (Å²) >= 11 is 1.32. The summed E-state index contributed by atoms with van der Waals surface area (Å²) in [6.07, 6.45) is -0.204. The third-order valence-electron chi connectivity index (χ3n) is 2.40. The fourth-order valence-electron chi connectivity index (χ4n) is 1.56. The molecule has 0 radical (unpaired) electrons. The van der Waals surface area contributed by atoms with Crippen LogP contribution in [0.5, 0.6) is 0 Å². The van der Waals surface area contributed by atoms with Crippen LogP contribution in [-0.2, 0) is 4.79 Å². The lowest BCUT2D eigenvalue weighted by atomic mass is 10.1. The highest BCUT2D eigenvalue weighted by Crippen LogP contribution is 2.30. The molecule has 1 aromatic carbocycles. The van der Waals surface area contributed by atoms with Crippen molar-refractivity contribution in [3.05, 3.63) is 35.0 Å². The maximum absolute atomic E-state index is 12.9. The summed E-state index contributed by atoms with van der Waals surface area (Å²) in [6, 6.07) is 7.77. The number of rotatable bonds is 3. The number of halogens is 1. The Hall–Kier alpha value is -2.26. The van der Waals surface area contributed by atoms with E-state index in [0.717, 1.165) is 10.4 Å². The molecule has 0 saturated heterocycles. The van der Waals surface area contributed by atoms with E-state index in [1.54, 1.807) is 18.2 Å². The maximum atomic E-state index is 12.9. The highest BCUT2D eigenvalue weighted by atomic mass is 32.1. The summed E-state index contributed by atoms with van der Waals surface area (Å²) in [5.74, 6) is -0.693. The molecule has 96 valence electrons. The van der Waals surface area contributed by atoms with Gasteiger partial charge in [-0.1, -0.05) is 0 Å². The number of carbonyl (C=O) groups excluding carboxylic acids is 1. The summed E-state index contributed by atoms with van der Waals surface area (Å²) in [5.41, 5.74) is 1.49. The highest BCUT2D eigenvalue weighted by molar-refractivity contribution is 7.16. The number of nitrogens with one attached hydrogen (secondary N) is 1. The Labute approximate surface area is 113 Å². The summed E-state index contributed by atoms with van der Waals surface area (Å²) in [5, 5.41) is 11.4. The Morgan fingerprint density at radius 2 is 2.16 bits per heavy atom. The van der Waals surface area contributed by atoms with E-state index >= 15 is 0 Å². The van der Waals surface area contributed by atoms with Crippen LogP contribution in [0.2, 0.25) is 0 Å². The smallest absolute Gasteiger partial charge is 0.240 e. The molecule has 0 atom stereocenters. The van der Waals surface area contributed by atoms with Gasteiger partial charge in [-0.15, -0.1) is 11.3 Å². The SMILES string of the molecule is Cc1sc(NC(=O)CC#N)nc1-c1ccc(F)cc1. The molecule has 0 aliphatic rings. The summed E-state index contributed by atoms with van der Waals surface area (Å²) in [7, 11) is 0. The lowest BCUT2D eigenvalue weighted by Crippen LogP contribution is -2.09. The van der Waals surface area contributed by atoms with E-state index < -0.39 is 0 Å². The van der Waals surface area contributed by atoms with Crippen LogP contribution in [0.3, 0.4) is 0 Å². The number of nitriles is 1. The van der Waals surface area contributed by atoms with Gasteiger partial charge in [-0.2, -0.15) is 5.26 Å². The van der Waals surface area contributed by atoms with Crippen LogP contribution in [0.15, 0.2) is 24.3 Å². The molecule has 0 saturated carbocycles. The monoisotopic (exact) mass is 275 g/mol. The highest BCUT2D eigenvalue weighted by Gasteiger charge is 2.11. The van der Waals surface area contributed by atoms with E-state index in [1.807, 2.05) is 6.92 Å². The molecule has 2 aromatic rings. The van der Waals surface area contributed by atoms with E-state index in [-0.39, 0.29) is 18.1 Å². The number of hydrogen-bond acceptors (Lipinski definition) is 4. The van der Waals surface area contributed by atoms with Crippen LogP contribution in [0.1, 0.15) is 11.3 Å². The summed E-state index contributed by atoms with van der Waals surface area (Å²) in [4.78, 5) is 16.5. The van der Waals surface area contributed by atoms with Crippen molar-refractivity contribution in [3.63, 3.8) is 0 Å². The third-order valence-corrected chi connectivity index (χ3v) is 3.29. The maximum Gasteiger partial charge on any atom is 0.240 e. The second-order valence-corrected chi connectivity index (χ2v) is 5.02. The minimum absolute atomic E-state index is 0.204. The summed E-state index contributed by atoms with van der Waals surface area (Å²) in [6.45, 7) is 1.87. The zero-order valence-corrected chi connectivity index (χ0v) is 10.9. The fraction of sp³-hybridized carbons (Fsp3) is 0.154. The number of anilines is 1. The number of nitrogens with zero attached hydrogens (tertiary/aromatic N) is 2. The van der Waals surface area contributed by atoms with E-state index in [0.29, 0.717) is 10.8 Å². The van der Waals surface area contributed by atoms with E-state index in [4.69, 9.17) is 5.26 Å². The van der Waals surface area contributed by atoms with Crippen LogP contribution in [-0.4, -0.2) is 10.9 Å². The molecule has 19 heavy (non-hydrogen) atoms. The van der Waals surface area contributed by atoms with Gasteiger partial charge in [0.1, 0.15) is 12.2 Å². The topological polar surface area (TPSA) is 65.8 Å². The molecule has 2 rings (SSSR count). The zero-order valence-electron chi connectivity index (χ0n) is 10.1. The molecule has 1 amide bonds. The van der Waals surface area contributed by atoms with Crippen LogP contribution in [0.4, 0.5) is 9.52 Å². The Kier molecular flexibility index (Phi) is 3.88. The standard InChI is InChI=1S/C13H10FN3OS/c1-8-12(9-2-4-10(14)5-3-9)17-13(19-8)16-11(18)6-7-15/h2-5H,6H2,1H3,(H,16,17,18). The van der Waals surface area contributed by atoms with E-state index in [2.05, 4.69) is 10.3 Å². The first-order valence-electron chi connectivity index (χ1n) is 5.50. The number of thiazole rings is 1. The predicted octanol–water partition coefficient (Wildman–Crippen LogP) is 3.11. The van der Waals surface area contributed by atoms with Crippen LogP contribution < -0.4 is 5.32 Å². The molecule has 6 heteroatoms. The van der Waals surface area contributed by atoms with Gasteiger partial charge >= 0.3 is 0 Å². The van der Waals surface area contributed by atoms with Crippen molar-refractivity contribution in [1.82, 2.24) is 4.98 Å². The number of aromatic nitrogens is 1. The number of carbonyl (C=O) groups is 1. The lowest BCUT2D eigenvalue weighted by Gasteiger charge is -1.98. The number of hydrogen-bond donors (Lipinski definition) is 1. The first-order valence-corrected chi connectivity index (χ1v) is 6.32. The molecule has 4 nitrogen and oxygen atoms in total. The van der Waals surface area contributed by atoms with Gasteiger partial charge in [0.2, 0.25) is 5.91 Å². The van der Waals surface area contributed by atoms with Crippen molar-refractivity contribution in [1.29, 1.82) is 5.26 Å². The first kappa shape index (κ1) is 13.2. The van der Waals surface area contributed by atoms with Gasteiger partial charge in [0.05, 0.1) is 11.8 Å². The molecule has 1 aromatic heterocycles. The lowest BCUT2D eigenvalue weighted by molar-refractivity contribution is -0.115. The van der Waals surface area contributed by atoms with Gasteiger partial charge < -0.3 is 5.32 Å². The normalized spacial score (nSPS) is 9.95. The molecule has 1 heterocycles. The first-order chi connectivity index (χ1) is 9.10. The van der Waals surface area contributed by atoms with Crippen molar-refractivity contribution in [2.45, 2.75) is 13.3 Å². The van der Waals surface area contributed by atoms with Gasteiger partial charge in [0.25, 0.3) is 0 Å². The summed E-state index contributed by atoms with van der Waals surface area (Å²) < 4.78 is 12.9. The molecule has 0 aliphatic carbocycles. The van der Waals surface area contributed by atoms with Crippen LogP contribution in [0.25, 0.3) is 11.3 Å². The zero-order chi connectivity index (χ0) is 13.8. The van der Waals surface area contributed by atoms with Crippen LogP contribution in [0, 0.1) is 24.1 Å². The van der Waals surface area contributed by atoms with Gasteiger partial charge in [-0.25, -0.2) is 9.37 Å². The molecule has 0 fully saturated rings. The van der Waals surface area contributed by atoms with Gasteiger partial charge in [0.15, 0.2) is 5.13 Å². The molecular weight excluding hydrogens is 265 g/mol.